The van der Waals surface area contributed by atoms with Crippen LogP contribution in [0.5, 0.6) is 0 Å². The van der Waals surface area contributed by atoms with Crippen molar-refractivity contribution in [3.05, 3.63) is 37.0 Å². The normalized spacial score (nSPS) is 11.2. The molecule has 0 atom stereocenters. The predicted molar refractivity (Wildman–Crippen MR) is 61.4 cm³/mol. The maximum atomic E-state index is 4.14. The predicted octanol–water partition coefficient (Wildman–Crippen LogP) is 3.55. The van der Waals surface area contributed by atoms with Gasteiger partial charge in [-0.1, -0.05) is 30.4 Å². The second-order valence-corrected chi connectivity index (χ2v) is 3.02. The van der Waals surface area contributed by atoms with E-state index in [1.165, 1.54) is 0 Å². The zero-order valence-electron chi connectivity index (χ0n) is 8.50. The summed E-state index contributed by atoms with van der Waals surface area (Å²) in [6.45, 7) is 10.1. The number of allylic oxidation sites excluding steroid dienone is 3. The van der Waals surface area contributed by atoms with Crippen LogP contribution in [-0.4, -0.2) is 12.8 Å². The molecule has 0 N–H and O–H groups in total. The van der Waals surface area contributed by atoms with Gasteiger partial charge in [-0.05, 0) is 32.4 Å². The maximum absolute atomic E-state index is 4.14. The number of nitrogens with zero attached hydrogens (tertiary/aromatic N) is 1. The van der Waals surface area contributed by atoms with E-state index in [0.717, 1.165) is 31.4 Å². The Morgan fingerprint density at radius 1 is 1.38 bits per heavy atom. The highest BCUT2D eigenvalue weighted by Crippen LogP contribution is 1.97. The van der Waals surface area contributed by atoms with Crippen LogP contribution in [0.2, 0.25) is 0 Å². The number of hydrogen-bond acceptors (Lipinski definition) is 1. The third-order valence-electron chi connectivity index (χ3n) is 1.47. The molecule has 0 aliphatic heterocycles. The van der Waals surface area contributed by atoms with Crippen LogP contribution in [0.25, 0.3) is 0 Å². The quantitative estimate of drug-likeness (QED) is 0.244. The van der Waals surface area contributed by atoms with Gasteiger partial charge in [0.15, 0.2) is 0 Å². The first-order valence-electron chi connectivity index (χ1n) is 4.68. The lowest BCUT2D eigenvalue weighted by Gasteiger charge is -1.90. The molecule has 0 fully saturated rings. The molecule has 0 aromatic rings. The van der Waals surface area contributed by atoms with Gasteiger partial charge in [-0.25, -0.2) is 0 Å². The Labute approximate surface area is 81.6 Å². The molecule has 1 heteroatoms. The average molecular weight is 177 g/mol. The molecule has 0 aromatic carbocycles. The minimum Gasteiger partial charge on any atom is -0.293 e. The summed E-state index contributed by atoms with van der Waals surface area (Å²) in [5, 5.41) is 0. The van der Waals surface area contributed by atoms with E-state index in [-0.39, 0.29) is 0 Å². The van der Waals surface area contributed by atoms with Crippen LogP contribution in [0, 0.1) is 0 Å². The van der Waals surface area contributed by atoms with Gasteiger partial charge < -0.3 is 0 Å². The Balaban J connectivity index is 3.26. The zero-order valence-corrected chi connectivity index (χ0v) is 8.50. The van der Waals surface area contributed by atoms with Gasteiger partial charge in [0, 0.05) is 0 Å². The number of hydrogen-bond donors (Lipinski definition) is 0. The highest BCUT2D eigenvalue weighted by molar-refractivity contribution is 5.57. The molecule has 0 aromatic heterocycles. The second kappa shape index (κ2) is 8.98. The largest absolute Gasteiger partial charge is 0.293 e. The average Bonchev–Trinajstić information content (AvgIpc) is 2.09. The van der Waals surface area contributed by atoms with E-state index >= 15 is 0 Å². The molecule has 0 heterocycles. The fourth-order valence-electron chi connectivity index (χ4n) is 0.852. The molecule has 0 radical (unpaired) electrons. The van der Waals surface area contributed by atoms with E-state index in [4.69, 9.17) is 0 Å². The van der Waals surface area contributed by atoms with Gasteiger partial charge in [-0.2, -0.15) is 0 Å². The molecule has 0 amide bonds. The molecule has 0 saturated carbocycles. The summed E-state index contributed by atoms with van der Waals surface area (Å²) in [5.41, 5.74) is 1.11. The minimum absolute atomic E-state index is 0.738. The highest BCUT2D eigenvalue weighted by atomic mass is 14.7. The lowest BCUT2D eigenvalue weighted by Crippen LogP contribution is -1.78. The molecule has 0 bridgehead atoms. The Morgan fingerprint density at radius 2 is 2.15 bits per heavy atom. The van der Waals surface area contributed by atoms with Crippen LogP contribution in [0.3, 0.4) is 0 Å². The molecular formula is C12H19N. The first-order valence-corrected chi connectivity index (χ1v) is 4.68. The third kappa shape index (κ3) is 10.9. The monoisotopic (exact) mass is 177 g/mol. The molecular weight excluding hydrogens is 158 g/mol. The van der Waals surface area contributed by atoms with Crippen LogP contribution in [0.4, 0.5) is 0 Å². The summed E-state index contributed by atoms with van der Waals surface area (Å²) in [7, 11) is 0. The maximum Gasteiger partial charge on any atom is 0.0563 e. The fraction of sp³-hybridized carbons (Fsp3) is 0.417. The van der Waals surface area contributed by atoms with Gasteiger partial charge in [-0.3, -0.25) is 4.99 Å². The van der Waals surface area contributed by atoms with Crippen LogP contribution in [0.15, 0.2) is 42.0 Å². The summed E-state index contributed by atoms with van der Waals surface area (Å²) < 4.78 is 0. The van der Waals surface area contributed by atoms with Gasteiger partial charge in [0.05, 0.1) is 6.54 Å². The Bertz CT molecular complexity index is 199. The highest BCUT2D eigenvalue weighted by Gasteiger charge is 1.80. The second-order valence-electron chi connectivity index (χ2n) is 3.02. The summed E-state index contributed by atoms with van der Waals surface area (Å²) in [6.07, 6.45) is 11.3. The first-order chi connectivity index (χ1) is 6.27. The molecule has 0 unspecified atom stereocenters. The zero-order chi connectivity index (χ0) is 9.94. The lowest BCUT2D eigenvalue weighted by molar-refractivity contribution is 0.900. The van der Waals surface area contributed by atoms with E-state index in [0.29, 0.717) is 0 Å². The number of unbranched alkanes of at least 4 members (excludes halogenated alkanes) is 2. The molecule has 0 spiro atoms. The molecule has 0 saturated heterocycles. The van der Waals surface area contributed by atoms with Gasteiger partial charge >= 0.3 is 0 Å². The van der Waals surface area contributed by atoms with Gasteiger partial charge in [0.2, 0.25) is 0 Å². The van der Waals surface area contributed by atoms with E-state index in [1.54, 1.807) is 6.08 Å². The van der Waals surface area contributed by atoms with Crippen LogP contribution in [0.1, 0.15) is 26.2 Å². The molecule has 72 valence electrons. The number of aliphatic imine (C=N–C) groups is 1. The van der Waals surface area contributed by atoms with Crippen molar-refractivity contribution >= 4 is 6.21 Å². The first kappa shape index (κ1) is 11.9. The van der Waals surface area contributed by atoms with Crippen molar-refractivity contribution < 1.29 is 0 Å². The third-order valence-corrected chi connectivity index (χ3v) is 1.47. The SMILES string of the molecule is C=CC/N=C\CCC/C=C\C(=C)C. The van der Waals surface area contributed by atoms with E-state index in [2.05, 4.69) is 30.3 Å². The van der Waals surface area contributed by atoms with E-state index in [9.17, 15) is 0 Å². The smallest absolute Gasteiger partial charge is 0.0563 e. The molecule has 0 aliphatic carbocycles. The van der Waals surface area contributed by atoms with Crippen molar-refractivity contribution in [2.24, 2.45) is 4.99 Å². The Morgan fingerprint density at radius 3 is 2.77 bits per heavy atom. The lowest BCUT2D eigenvalue weighted by atomic mass is 10.2. The van der Waals surface area contributed by atoms with Gasteiger partial charge in [-0.15, -0.1) is 6.58 Å². The van der Waals surface area contributed by atoms with Crippen molar-refractivity contribution in [3.63, 3.8) is 0 Å². The molecule has 13 heavy (non-hydrogen) atoms. The van der Waals surface area contributed by atoms with Crippen molar-refractivity contribution in [2.45, 2.75) is 26.2 Å². The Kier molecular flexibility index (Phi) is 8.21. The van der Waals surface area contributed by atoms with Gasteiger partial charge in [0.1, 0.15) is 0 Å². The molecule has 0 aliphatic rings. The van der Waals surface area contributed by atoms with E-state index in [1.807, 2.05) is 13.1 Å². The van der Waals surface area contributed by atoms with Crippen molar-refractivity contribution in [1.82, 2.24) is 0 Å². The van der Waals surface area contributed by atoms with E-state index < -0.39 is 0 Å². The molecule has 0 rings (SSSR count). The van der Waals surface area contributed by atoms with Crippen molar-refractivity contribution in [2.75, 3.05) is 6.54 Å². The standard InChI is InChI=1S/C12H19N/c1-4-10-13-11-8-6-5-7-9-12(2)3/h4,7,9,11H,1-2,5-6,8,10H2,3H3/b9-7-,13-11-. The topological polar surface area (TPSA) is 12.4 Å². The number of rotatable bonds is 7. The molecule has 1 nitrogen and oxygen atoms in total. The van der Waals surface area contributed by atoms with Crippen LogP contribution < -0.4 is 0 Å². The summed E-state index contributed by atoms with van der Waals surface area (Å²) in [5.74, 6) is 0. The van der Waals surface area contributed by atoms with Crippen LogP contribution in [-0.2, 0) is 0 Å². The minimum atomic E-state index is 0.738. The summed E-state index contributed by atoms with van der Waals surface area (Å²) in [4.78, 5) is 4.14. The van der Waals surface area contributed by atoms with Crippen LogP contribution >= 0.6 is 0 Å². The summed E-state index contributed by atoms with van der Waals surface area (Å²) >= 11 is 0. The Hall–Kier alpha value is -1.11. The van der Waals surface area contributed by atoms with Gasteiger partial charge in [0.25, 0.3) is 0 Å². The van der Waals surface area contributed by atoms with Crippen molar-refractivity contribution in [1.29, 1.82) is 0 Å². The summed E-state index contributed by atoms with van der Waals surface area (Å²) in [6, 6.07) is 0. The fourth-order valence-corrected chi connectivity index (χ4v) is 0.852. The van der Waals surface area contributed by atoms with Crippen molar-refractivity contribution in [3.8, 4) is 0 Å².